The number of carbonyl (C=O) groups is 1. The Morgan fingerprint density at radius 1 is 0.893 bits per heavy atom. The Morgan fingerprint density at radius 2 is 1.36 bits per heavy atom. The van der Waals surface area contributed by atoms with E-state index >= 15 is 0 Å². The molecule has 1 aliphatic heterocycles. The van der Waals surface area contributed by atoms with Crippen molar-refractivity contribution < 1.29 is 15.0 Å². The quantitative estimate of drug-likeness (QED) is 0.746. The van der Waals surface area contributed by atoms with Crippen LogP contribution < -0.4 is 0 Å². The molecule has 0 amide bonds. The molecule has 2 aromatic carbocycles. The Hall–Kier alpha value is -2.85. The number of phenolic OH excluding ortho intramolecular Hbond substituents is 2. The summed E-state index contributed by atoms with van der Waals surface area (Å²) in [5, 5.41) is 19.5. The molecular formula is C24H27NO3. The van der Waals surface area contributed by atoms with Gasteiger partial charge in [-0.25, -0.2) is 0 Å². The number of ketones is 1. The summed E-state index contributed by atoms with van der Waals surface area (Å²) < 4.78 is 0. The lowest BCUT2D eigenvalue weighted by molar-refractivity contribution is -0.113. The fourth-order valence-corrected chi connectivity index (χ4v) is 3.76. The Balaban J connectivity index is 2.00. The maximum absolute atomic E-state index is 13.2. The zero-order valence-electron chi connectivity index (χ0n) is 16.4. The van der Waals surface area contributed by atoms with Crippen molar-refractivity contribution in [1.82, 2.24) is 4.90 Å². The summed E-state index contributed by atoms with van der Waals surface area (Å²) in [6.07, 6.45) is 5.77. The molecule has 3 rings (SSSR count). The summed E-state index contributed by atoms with van der Waals surface area (Å²) in [4.78, 5) is 15.5. The second kappa shape index (κ2) is 8.89. The van der Waals surface area contributed by atoms with E-state index in [2.05, 4.69) is 18.7 Å². The summed E-state index contributed by atoms with van der Waals surface area (Å²) in [6, 6.07) is 14.3. The molecule has 1 aliphatic rings. The van der Waals surface area contributed by atoms with Crippen LogP contribution in [0.4, 0.5) is 0 Å². The number of Topliss-reactive ketones (excluding diaryl/α,β-unsaturated/α-hetero) is 1. The number of benzene rings is 2. The molecule has 0 aliphatic carbocycles. The van der Waals surface area contributed by atoms with Gasteiger partial charge in [0.25, 0.3) is 0 Å². The highest BCUT2D eigenvalue weighted by molar-refractivity contribution is 6.14. The minimum atomic E-state index is 0.0221. The number of hydrogen-bond acceptors (Lipinski definition) is 4. The number of rotatable bonds is 5. The van der Waals surface area contributed by atoms with E-state index in [1.54, 1.807) is 36.4 Å². The van der Waals surface area contributed by atoms with E-state index in [1.807, 2.05) is 24.3 Å². The molecule has 1 saturated heterocycles. The van der Waals surface area contributed by atoms with Crippen LogP contribution in [-0.2, 0) is 4.79 Å². The second-order valence-corrected chi connectivity index (χ2v) is 7.23. The van der Waals surface area contributed by atoms with Crippen LogP contribution in [-0.4, -0.2) is 40.0 Å². The molecule has 4 heteroatoms. The average molecular weight is 377 g/mol. The van der Waals surface area contributed by atoms with Crippen molar-refractivity contribution in [2.45, 2.75) is 32.7 Å². The first kappa shape index (κ1) is 19.9. The lowest BCUT2D eigenvalue weighted by Gasteiger charge is -2.35. The zero-order chi connectivity index (χ0) is 20.1. The Morgan fingerprint density at radius 3 is 1.75 bits per heavy atom. The molecule has 28 heavy (non-hydrogen) atoms. The molecule has 0 aromatic heterocycles. The Labute approximate surface area is 166 Å². The topological polar surface area (TPSA) is 60.8 Å². The van der Waals surface area contributed by atoms with E-state index in [1.165, 1.54) is 0 Å². The molecule has 0 atom stereocenters. The van der Waals surface area contributed by atoms with Crippen LogP contribution in [0, 0.1) is 0 Å². The predicted octanol–water partition coefficient (Wildman–Crippen LogP) is 4.64. The third-order valence-electron chi connectivity index (χ3n) is 5.21. The van der Waals surface area contributed by atoms with Gasteiger partial charge in [0.1, 0.15) is 11.5 Å². The minimum absolute atomic E-state index is 0.0221. The molecule has 0 saturated carbocycles. The number of likely N-dealkylation sites (tertiary alicyclic amines) is 1. The summed E-state index contributed by atoms with van der Waals surface area (Å²) in [5.41, 5.74) is 3.06. The highest BCUT2D eigenvalue weighted by atomic mass is 16.3. The molecular weight excluding hydrogens is 350 g/mol. The van der Waals surface area contributed by atoms with Gasteiger partial charge in [-0.15, -0.1) is 0 Å². The summed E-state index contributed by atoms with van der Waals surface area (Å²) in [7, 11) is 0. The molecule has 0 radical (unpaired) electrons. The van der Waals surface area contributed by atoms with Gasteiger partial charge in [-0.3, -0.25) is 9.69 Å². The zero-order valence-corrected chi connectivity index (χ0v) is 16.4. The van der Waals surface area contributed by atoms with Crippen molar-refractivity contribution in [2.75, 3.05) is 13.1 Å². The predicted molar refractivity (Wildman–Crippen MR) is 113 cm³/mol. The maximum atomic E-state index is 13.2. The molecule has 1 fully saturated rings. The maximum Gasteiger partial charge on any atom is 0.187 e. The van der Waals surface area contributed by atoms with Gasteiger partial charge < -0.3 is 10.2 Å². The third kappa shape index (κ3) is 4.70. The molecule has 2 N–H and O–H groups in total. The summed E-state index contributed by atoms with van der Waals surface area (Å²) >= 11 is 0. The summed E-state index contributed by atoms with van der Waals surface area (Å²) in [5.74, 6) is 0.392. The highest BCUT2D eigenvalue weighted by Gasteiger charge is 2.29. The highest BCUT2D eigenvalue weighted by Crippen LogP contribution is 2.26. The first-order chi connectivity index (χ1) is 13.5. The van der Waals surface area contributed by atoms with Crippen molar-refractivity contribution in [2.24, 2.45) is 0 Å². The average Bonchev–Trinajstić information content (AvgIpc) is 2.66. The normalized spacial score (nSPS) is 18.3. The lowest BCUT2D eigenvalue weighted by Crippen LogP contribution is -2.43. The number of phenols is 2. The number of nitrogens with zero attached hydrogens (tertiary/aromatic N) is 1. The van der Waals surface area contributed by atoms with E-state index in [0.717, 1.165) is 35.1 Å². The van der Waals surface area contributed by atoms with Crippen molar-refractivity contribution in [3.05, 3.63) is 70.8 Å². The third-order valence-corrected chi connectivity index (χ3v) is 5.21. The van der Waals surface area contributed by atoms with Crippen LogP contribution in [0.25, 0.3) is 12.2 Å². The van der Waals surface area contributed by atoms with E-state index in [-0.39, 0.29) is 17.3 Å². The van der Waals surface area contributed by atoms with Gasteiger partial charge >= 0.3 is 0 Å². The van der Waals surface area contributed by atoms with Crippen molar-refractivity contribution >= 4 is 17.9 Å². The van der Waals surface area contributed by atoms with Crippen LogP contribution in [0.1, 0.15) is 37.8 Å². The van der Waals surface area contributed by atoms with E-state index in [4.69, 9.17) is 0 Å². The molecule has 1 heterocycles. The minimum Gasteiger partial charge on any atom is -0.508 e. The van der Waals surface area contributed by atoms with Gasteiger partial charge in [0.15, 0.2) is 5.78 Å². The number of aromatic hydroxyl groups is 2. The first-order valence-corrected chi connectivity index (χ1v) is 9.78. The SMILES string of the molecule is CCC(CC)N1CC(=Cc2cccc(O)c2)C(=O)C(=Cc2cccc(O)c2)C1. The van der Waals surface area contributed by atoms with Gasteiger partial charge in [-0.05, 0) is 60.4 Å². The van der Waals surface area contributed by atoms with Gasteiger partial charge in [0.05, 0.1) is 0 Å². The van der Waals surface area contributed by atoms with Gasteiger partial charge in [-0.1, -0.05) is 38.1 Å². The van der Waals surface area contributed by atoms with E-state index in [0.29, 0.717) is 19.1 Å². The monoisotopic (exact) mass is 377 g/mol. The smallest absolute Gasteiger partial charge is 0.187 e. The number of piperidine rings is 1. The van der Waals surface area contributed by atoms with Crippen molar-refractivity contribution in [3.8, 4) is 11.5 Å². The second-order valence-electron chi connectivity index (χ2n) is 7.23. The van der Waals surface area contributed by atoms with Crippen LogP contribution in [0.15, 0.2) is 59.7 Å². The van der Waals surface area contributed by atoms with Crippen LogP contribution in [0.3, 0.4) is 0 Å². The number of carbonyl (C=O) groups excluding carboxylic acids is 1. The van der Waals surface area contributed by atoms with Crippen molar-refractivity contribution in [3.63, 3.8) is 0 Å². The Kier molecular flexibility index (Phi) is 6.32. The first-order valence-electron chi connectivity index (χ1n) is 9.78. The molecule has 2 aromatic rings. The van der Waals surface area contributed by atoms with Crippen LogP contribution in [0.2, 0.25) is 0 Å². The largest absolute Gasteiger partial charge is 0.508 e. The molecule has 0 unspecified atom stereocenters. The van der Waals surface area contributed by atoms with Gasteiger partial charge in [0, 0.05) is 30.3 Å². The molecule has 4 nitrogen and oxygen atoms in total. The fraction of sp³-hybridized carbons (Fsp3) is 0.292. The number of hydrogen-bond donors (Lipinski definition) is 2. The van der Waals surface area contributed by atoms with Crippen LogP contribution in [0.5, 0.6) is 11.5 Å². The van der Waals surface area contributed by atoms with Gasteiger partial charge in [-0.2, -0.15) is 0 Å². The lowest BCUT2D eigenvalue weighted by atomic mass is 9.92. The van der Waals surface area contributed by atoms with Crippen LogP contribution >= 0.6 is 0 Å². The fourth-order valence-electron chi connectivity index (χ4n) is 3.76. The standard InChI is InChI=1S/C24H27NO3/c1-3-21(4-2)25-15-19(11-17-7-5-9-22(26)13-17)24(28)20(16-25)12-18-8-6-10-23(27)14-18/h5-14,21,26-27H,3-4,15-16H2,1-2H3. The summed E-state index contributed by atoms with van der Waals surface area (Å²) in [6.45, 7) is 5.53. The van der Waals surface area contributed by atoms with Gasteiger partial charge in [0.2, 0.25) is 0 Å². The molecule has 146 valence electrons. The Bertz CT molecular complexity index is 842. The molecule has 0 bridgehead atoms. The van der Waals surface area contributed by atoms with E-state index in [9.17, 15) is 15.0 Å². The molecule has 0 spiro atoms. The van der Waals surface area contributed by atoms with E-state index < -0.39 is 0 Å². The van der Waals surface area contributed by atoms with Crippen molar-refractivity contribution in [1.29, 1.82) is 0 Å².